The van der Waals surface area contributed by atoms with Crippen molar-refractivity contribution in [3.05, 3.63) is 96.7 Å². The maximum absolute atomic E-state index is 12.8. The highest BCUT2D eigenvalue weighted by Gasteiger charge is 2.46. The van der Waals surface area contributed by atoms with Crippen LogP contribution in [0.25, 0.3) is 0 Å². The van der Waals surface area contributed by atoms with Gasteiger partial charge in [0.05, 0.1) is 6.61 Å². The number of amides is 1. The Hall–Kier alpha value is -2.65. The minimum atomic E-state index is -0.860. The molecule has 2 unspecified atom stereocenters. The zero-order valence-electron chi connectivity index (χ0n) is 22.3. The van der Waals surface area contributed by atoms with Crippen LogP contribution >= 0.6 is 0 Å². The van der Waals surface area contributed by atoms with Gasteiger partial charge in [0.25, 0.3) is 0 Å². The van der Waals surface area contributed by atoms with Crippen molar-refractivity contribution >= 4 is 5.91 Å². The van der Waals surface area contributed by atoms with Gasteiger partial charge in [0, 0.05) is 6.61 Å². The second-order valence-corrected chi connectivity index (χ2v) is 9.01. The van der Waals surface area contributed by atoms with E-state index in [0.717, 1.165) is 50.0 Å². The number of hydrogen-bond acceptors (Lipinski definition) is 2. The van der Waals surface area contributed by atoms with Crippen molar-refractivity contribution in [1.29, 1.82) is 0 Å². The van der Waals surface area contributed by atoms with E-state index in [9.17, 15) is 4.79 Å². The molecule has 0 saturated carbocycles. The third-order valence-corrected chi connectivity index (χ3v) is 6.58. The minimum absolute atomic E-state index is 0.131. The average molecular weight is 478 g/mol. The molecule has 0 aromatic heterocycles. The normalized spacial score (nSPS) is 15.7. The van der Waals surface area contributed by atoms with E-state index in [2.05, 4.69) is 52.2 Å². The summed E-state index contributed by atoms with van der Waals surface area (Å²) in [4.78, 5) is 12.8. The van der Waals surface area contributed by atoms with Crippen molar-refractivity contribution in [3.63, 3.8) is 0 Å². The molecule has 1 aromatic carbocycles. The Morgan fingerprint density at radius 1 is 1.11 bits per heavy atom. The standard InChI is InChI=1S/C21H29NO.C11H18O/c1-5-9-14-18(8-4)21(20(22)23,17(7-3)13-6-2)19-15-11-10-12-16-19;1-2-3-9-12-10-11-7-5-4-6-8-11/h6-7,10-13,15-16,18H,2-3,5,8-9,14H2,1,4H3,(H2,22,23);5,7-8H,2-4,6,9-10H2,1H3/b17-13+;. The number of unbranched alkanes of at least 4 members (excludes halogenated alkanes) is 2. The largest absolute Gasteiger partial charge is 0.377 e. The predicted molar refractivity (Wildman–Crippen MR) is 151 cm³/mol. The second kappa shape index (κ2) is 17.7. The van der Waals surface area contributed by atoms with Gasteiger partial charge in [-0.3, -0.25) is 4.79 Å². The highest BCUT2D eigenvalue weighted by Crippen LogP contribution is 2.44. The number of rotatable bonds is 15. The van der Waals surface area contributed by atoms with Crippen molar-refractivity contribution in [2.45, 2.75) is 77.6 Å². The van der Waals surface area contributed by atoms with E-state index in [1.807, 2.05) is 36.4 Å². The lowest BCUT2D eigenvalue weighted by atomic mass is 9.62. The van der Waals surface area contributed by atoms with E-state index < -0.39 is 5.41 Å². The zero-order chi connectivity index (χ0) is 25.9. The Labute approximate surface area is 214 Å². The topological polar surface area (TPSA) is 52.3 Å². The molecule has 0 fully saturated rings. The maximum atomic E-state index is 12.8. The highest BCUT2D eigenvalue weighted by atomic mass is 16.5. The van der Waals surface area contributed by atoms with Gasteiger partial charge in [-0.25, -0.2) is 0 Å². The van der Waals surface area contributed by atoms with Crippen LogP contribution in [0.1, 0.15) is 77.7 Å². The van der Waals surface area contributed by atoms with E-state index in [4.69, 9.17) is 10.5 Å². The van der Waals surface area contributed by atoms with Crippen LogP contribution in [0.5, 0.6) is 0 Å². The quantitative estimate of drug-likeness (QED) is 0.205. The Balaban J connectivity index is 0.000000427. The van der Waals surface area contributed by atoms with Gasteiger partial charge < -0.3 is 10.5 Å². The molecule has 192 valence electrons. The first-order valence-electron chi connectivity index (χ1n) is 13.3. The summed E-state index contributed by atoms with van der Waals surface area (Å²) in [7, 11) is 0. The molecule has 1 aromatic rings. The highest BCUT2D eigenvalue weighted by molar-refractivity contribution is 5.92. The summed E-state index contributed by atoms with van der Waals surface area (Å²) >= 11 is 0. The molecule has 0 radical (unpaired) electrons. The maximum Gasteiger partial charge on any atom is 0.232 e. The van der Waals surface area contributed by atoms with E-state index in [-0.39, 0.29) is 11.8 Å². The fraction of sp³-hybridized carbons (Fsp3) is 0.469. The lowest BCUT2D eigenvalue weighted by Gasteiger charge is -2.40. The summed E-state index contributed by atoms with van der Waals surface area (Å²) in [5, 5.41) is 0. The molecule has 3 heteroatoms. The van der Waals surface area contributed by atoms with Crippen molar-refractivity contribution in [1.82, 2.24) is 0 Å². The molecule has 0 heterocycles. The van der Waals surface area contributed by atoms with Crippen LogP contribution in [0.4, 0.5) is 0 Å². The van der Waals surface area contributed by atoms with Crippen LogP contribution in [0.2, 0.25) is 0 Å². The minimum Gasteiger partial charge on any atom is -0.377 e. The van der Waals surface area contributed by atoms with Gasteiger partial charge >= 0.3 is 0 Å². The van der Waals surface area contributed by atoms with Crippen molar-refractivity contribution < 1.29 is 9.53 Å². The SMILES string of the molecule is C=C/C=C(\C=C)C(C(N)=O)(c1ccccc1)C(CC)CCCC.CCCCOCC1=CCCC=C1. The van der Waals surface area contributed by atoms with Gasteiger partial charge in [0.2, 0.25) is 5.91 Å². The Morgan fingerprint density at radius 2 is 1.83 bits per heavy atom. The summed E-state index contributed by atoms with van der Waals surface area (Å²) in [6.45, 7) is 15.9. The first kappa shape index (κ1) is 30.4. The van der Waals surface area contributed by atoms with Crippen molar-refractivity contribution in [3.8, 4) is 0 Å². The van der Waals surface area contributed by atoms with Crippen LogP contribution in [-0.2, 0) is 14.9 Å². The fourth-order valence-corrected chi connectivity index (χ4v) is 4.70. The van der Waals surface area contributed by atoms with Gasteiger partial charge in [-0.05, 0) is 48.3 Å². The summed E-state index contributed by atoms with van der Waals surface area (Å²) in [6, 6.07) is 9.83. The van der Waals surface area contributed by atoms with Crippen molar-refractivity contribution in [2.75, 3.05) is 13.2 Å². The fourth-order valence-electron chi connectivity index (χ4n) is 4.70. The molecule has 0 saturated heterocycles. The van der Waals surface area contributed by atoms with E-state index >= 15 is 0 Å². The molecule has 1 aliphatic rings. The van der Waals surface area contributed by atoms with E-state index in [1.165, 1.54) is 31.3 Å². The van der Waals surface area contributed by atoms with Crippen LogP contribution in [0.15, 0.2) is 91.1 Å². The lowest BCUT2D eigenvalue weighted by Crippen LogP contribution is -2.48. The molecule has 2 N–H and O–H groups in total. The molecule has 1 amide bonds. The molecular weight excluding hydrogens is 430 g/mol. The zero-order valence-corrected chi connectivity index (χ0v) is 22.3. The first-order chi connectivity index (χ1) is 17.0. The number of allylic oxidation sites excluding steroid dienone is 5. The number of hydrogen-bond donors (Lipinski definition) is 1. The van der Waals surface area contributed by atoms with Gasteiger partial charge in [0.1, 0.15) is 5.41 Å². The van der Waals surface area contributed by atoms with Crippen molar-refractivity contribution in [2.24, 2.45) is 11.7 Å². The Morgan fingerprint density at radius 3 is 2.34 bits per heavy atom. The molecule has 2 rings (SSSR count). The Kier molecular flexibility index (Phi) is 15.4. The number of nitrogens with two attached hydrogens (primary N) is 1. The average Bonchev–Trinajstić information content (AvgIpc) is 2.89. The van der Waals surface area contributed by atoms with Gasteiger partial charge in [-0.1, -0.05) is 126 Å². The van der Waals surface area contributed by atoms with E-state index in [0.29, 0.717) is 0 Å². The molecule has 0 aliphatic heterocycles. The van der Waals surface area contributed by atoms with Gasteiger partial charge in [-0.15, -0.1) is 0 Å². The predicted octanol–water partition coefficient (Wildman–Crippen LogP) is 8.00. The molecule has 0 bridgehead atoms. The van der Waals surface area contributed by atoms with Crippen LogP contribution in [0, 0.1) is 5.92 Å². The third kappa shape index (κ3) is 9.14. The number of carbonyl (C=O) groups is 1. The smallest absolute Gasteiger partial charge is 0.232 e. The molecule has 1 aliphatic carbocycles. The van der Waals surface area contributed by atoms with Gasteiger partial charge in [-0.2, -0.15) is 0 Å². The number of carbonyl (C=O) groups excluding carboxylic acids is 1. The number of benzene rings is 1. The molecule has 3 nitrogen and oxygen atoms in total. The van der Waals surface area contributed by atoms with Crippen LogP contribution < -0.4 is 5.73 Å². The van der Waals surface area contributed by atoms with Crippen LogP contribution in [0.3, 0.4) is 0 Å². The monoisotopic (exact) mass is 477 g/mol. The Bertz CT molecular complexity index is 850. The number of ether oxygens (including phenoxy) is 1. The molecule has 0 spiro atoms. The summed E-state index contributed by atoms with van der Waals surface area (Å²) in [6.07, 6.45) is 20.7. The van der Waals surface area contributed by atoms with Gasteiger partial charge in [0.15, 0.2) is 0 Å². The lowest BCUT2D eigenvalue weighted by molar-refractivity contribution is -0.124. The third-order valence-electron chi connectivity index (χ3n) is 6.58. The summed E-state index contributed by atoms with van der Waals surface area (Å²) in [5.41, 5.74) is 8.24. The second-order valence-electron chi connectivity index (χ2n) is 9.01. The summed E-state index contributed by atoms with van der Waals surface area (Å²) < 4.78 is 5.49. The molecule has 35 heavy (non-hydrogen) atoms. The first-order valence-corrected chi connectivity index (χ1v) is 13.3. The summed E-state index contributed by atoms with van der Waals surface area (Å²) in [5.74, 6) is -0.189. The molecular formula is C32H47NO2. The van der Waals surface area contributed by atoms with Crippen LogP contribution in [-0.4, -0.2) is 19.1 Å². The molecule has 2 atom stereocenters. The number of primary amides is 1. The van der Waals surface area contributed by atoms with E-state index in [1.54, 1.807) is 12.2 Å².